The molecule has 0 aliphatic rings. The van der Waals surface area contributed by atoms with Gasteiger partial charge in [-0.05, 0) is 0 Å². The van der Waals surface area contributed by atoms with E-state index in [2.05, 4.69) is 0 Å². The van der Waals surface area contributed by atoms with E-state index in [0.717, 1.165) is 0 Å². The summed E-state index contributed by atoms with van der Waals surface area (Å²) < 4.78 is 3.38. The molecule has 2 nitrogen and oxygen atoms in total. The highest BCUT2D eigenvalue weighted by Gasteiger charge is 1.88. The van der Waals surface area contributed by atoms with E-state index in [-0.39, 0.29) is 0 Å². The van der Waals surface area contributed by atoms with Crippen LogP contribution in [0.15, 0.2) is 18.7 Å². The summed E-state index contributed by atoms with van der Waals surface area (Å²) in [7, 11) is 7.19. The maximum absolute atomic E-state index is 5.27. The molecule has 2 heteroatoms. The molecule has 0 bridgehead atoms. The van der Waals surface area contributed by atoms with Crippen molar-refractivity contribution in [3.8, 4) is 0 Å². The first-order valence-electron chi connectivity index (χ1n) is 2.07. The van der Waals surface area contributed by atoms with Crippen LogP contribution in [0.4, 0.5) is 0 Å². The molecule has 0 saturated carbocycles. The Morgan fingerprint density at radius 2 is 2.43 bits per heavy atom. The number of imidazole rings is 1. The highest BCUT2D eigenvalue weighted by Crippen LogP contribution is 1.71. The van der Waals surface area contributed by atoms with Gasteiger partial charge in [0.25, 0.3) is 0 Å². The number of nitrogens with zero attached hydrogens (tertiary/aromatic N) is 2. The smallest absolute Gasteiger partial charge is 0.240 e. The first-order chi connectivity index (χ1) is 3.29. The van der Waals surface area contributed by atoms with Gasteiger partial charge in [0.1, 0.15) is 12.4 Å². The van der Waals surface area contributed by atoms with Gasteiger partial charge in [-0.1, -0.05) is 0 Å². The van der Waals surface area contributed by atoms with E-state index in [1.165, 1.54) is 4.57 Å². The second kappa shape index (κ2) is 1.37. The van der Waals surface area contributed by atoms with E-state index in [4.69, 9.17) is 7.05 Å². The molecule has 1 heterocycles. The average Bonchev–Trinajstić information content (AvgIpc) is 1.87. The molecule has 0 aliphatic heterocycles. The Balaban J connectivity index is 3.04. The van der Waals surface area contributed by atoms with Gasteiger partial charge < -0.3 is 0 Å². The van der Waals surface area contributed by atoms with E-state index >= 15 is 0 Å². The quantitative estimate of drug-likeness (QED) is 0.395. The average molecular weight is 95.1 g/mol. The molecule has 1 aromatic heterocycles. The first-order valence-corrected chi connectivity index (χ1v) is 2.07. The molecule has 1 aromatic rings. The Morgan fingerprint density at radius 1 is 1.71 bits per heavy atom. The van der Waals surface area contributed by atoms with Crippen LogP contribution < -0.4 is 4.57 Å². The maximum atomic E-state index is 5.27. The third-order valence-electron chi connectivity index (χ3n) is 0.789. The number of aromatic nitrogens is 2. The zero-order chi connectivity index (χ0) is 5.28. The van der Waals surface area contributed by atoms with Crippen molar-refractivity contribution < 1.29 is 4.57 Å². The Labute approximate surface area is 43.0 Å². The molecule has 0 N–H and O–H groups in total. The highest BCUT2D eigenvalue weighted by molar-refractivity contribution is 4.61. The zero-order valence-electron chi connectivity index (χ0n) is 4.20. The van der Waals surface area contributed by atoms with Crippen molar-refractivity contribution in [1.82, 2.24) is 4.57 Å². The second-order valence-electron chi connectivity index (χ2n) is 1.53. The van der Waals surface area contributed by atoms with Crippen LogP contribution in [0, 0.1) is 7.05 Å². The largest absolute Gasteiger partial charge is 0.244 e. The van der Waals surface area contributed by atoms with E-state index in [1.54, 1.807) is 12.5 Å². The van der Waals surface area contributed by atoms with Gasteiger partial charge in [0.15, 0.2) is 7.05 Å². The molecule has 0 fully saturated rings. The summed E-state index contributed by atoms with van der Waals surface area (Å²) >= 11 is 0. The lowest BCUT2D eigenvalue weighted by Crippen LogP contribution is -2.20. The second-order valence-corrected chi connectivity index (χ2v) is 1.53. The molecule has 1 rings (SSSR count). The SMILES string of the molecule is [CH][n+]1ccn(C)c1. The van der Waals surface area contributed by atoms with Gasteiger partial charge in [-0.15, -0.1) is 0 Å². The van der Waals surface area contributed by atoms with Crippen LogP contribution in [0.3, 0.4) is 0 Å². The molecule has 2 radical (unpaired) electrons. The molecule has 0 spiro atoms. The summed E-state index contributed by atoms with van der Waals surface area (Å²) in [5.41, 5.74) is 0. The number of hydrogen-bond acceptors (Lipinski definition) is 0. The minimum atomic E-state index is 1.50. The van der Waals surface area contributed by atoms with E-state index in [0.29, 0.717) is 0 Å². The molecule has 0 amide bonds. The van der Waals surface area contributed by atoms with Crippen molar-refractivity contribution in [2.24, 2.45) is 7.05 Å². The summed E-state index contributed by atoms with van der Waals surface area (Å²) in [5, 5.41) is 0. The molecular weight excluding hydrogens is 88.1 g/mol. The third-order valence-corrected chi connectivity index (χ3v) is 0.789. The molecule has 0 unspecified atom stereocenters. The minimum Gasteiger partial charge on any atom is -0.240 e. The van der Waals surface area contributed by atoms with E-state index in [1.807, 2.05) is 17.8 Å². The molecule has 36 valence electrons. The molecule has 7 heavy (non-hydrogen) atoms. The van der Waals surface area contributed by atoms with Crippen molar-refractivity contribution in [2.75, 3.05) is 0 Å². The van der Waals surface area contributed by atoms with Gasteiger partial charge in [-0.2, -0.15) is 0 Å². The Kier molecular flexibility index (Phi) is 0.855. The van der Waals surface area contributed by atoms with Crippen LogP contribution in [0.25, 0.3) is 0 Å². The van der Waals surface area contributed by atoms with Crippen LogP contribution in [-0.4, -0.2) is 4.57 Å². The summed E-state index contributed by atoms with van der Waals surface area (Å²) in [6.07, 6.45) is 5.43. The van der Waals surface area contributed by atoms with Gasteiger partial charge in [0, 0.05) is 0 Å². The summed E-state index contributed by atoms with van der Waals surface area (Å²) in [5.74, 6) is 0. The van der Waals surface area contributed by atoms with Crippen molar-refractivity contribution in [3.05, 3.63) is 25.8 Å². The van der Waals surface area contributed by atoms with Gasteiger partial charge in [0.05, 0.1) is 7.05 Å². The van der Waals surface area contributed by atoms with E-state index in [9.17, 15) is 0 Å². The summed E-state index contributed by atoms with van der Waals surface area (Å²) in [6, 6.07) is 0. The molecule has 0 atom stereocenters. The lowest BCUT2D eigenvalue weighted by Gasteiger charge is -1.71. The fourth-order valence-corrected chi connectivity index (χ4v) is 0.469. The third kappa shape index (κ3) is 0.796. The molecule has 0 aromatic carbocycles. The highest BCUT2D eigenvalue weighted by atomic mass is 15.1. The van der Waals surface area contributed by atoms with Gasteiger partial charge in [-0.3, -0.25) is 0 Å². The molecule has 0 aliphatic carbocycles. The number of rotatable bonds is 0. The topological polar surface area (TPSA) is 8.81 Å². The van der Waals surface area contributed by atoms with Gasteiger partial charge >= 0.3 is 0 Å². The minimum absolute atomic E-state index is 1.50. The van der Waals surface area contributed by atoms with Gasteiger partial charge in [-0.25, -0.2) is 9.13 Å². The van der Waals surface area contributed by atoms with Crippen molar-refractivity contribution in [1.29, 1.82) is 0 Å². The van der Waals surface area contributed by atoms with Crippen LogP contribution >= 0.6 is 0 Å². The Bertz CT molecular complexity index is 138. The van der Waals surface area contributed by atoms with E-state index < -0.39 is 0 Å². The summed E-state index contributed by atoms with van der Waals surface area (Å²) in [6.45, 7) is 0. The molecular formula is C5H7N2+. The van der Waals surface area contributed by atoms with Crippen LogP contribution in [0.2, 0.25) is 0 Å². The Morgan fingerprint density at radius 3 is 2.57 bits per heavy atom. The fourth-order valence-electron chi connectivity index (χ4n) is 0.469. The Hall–Kier alpha value is -0.790. The monoisotopic (exact) mass is 95.1 g/mol. The van der Waals surface area contributed by atoms with Gasteiger partial charge in [0.2, 0.25) is 6.33 Å². The first kappa shape index (κ1) is 4.37. The van der Waals surface area contributed by atoms with Crippen molar-refractivity contribution in [2.45, 2.75) is 0 Å². The predicted molar refractivity (Wildman–Crippen MR) is 25.3 cm³/mol. The standard InChI is InChI=1S/C5H7N2/c1-6-3-4-7(2)5-6/h1,3-5H,2H3/q+1. The van der Waals surface area contributed by atoms with Crippen molar-refractivity contribution in [3.63, 3.8) is 0 Å². The van der Waals surface area contributed by atoms with Crippen LogP contribution in [-0.2, 0) is 7.05 Å². The van der Waals surface area contributed by atoms with Crippen LogP contribution in [0.5, 0.6) is 0 Å². The maximum Gasteiger partial charge on any atom is 0.244 e. The summed E-state index contributed by atoms with van der Waals surface area (Å²) in [4.78, 5) is 0. The van der Waals surface area contributed by atoms with Crippen LogP contribution in [0.1, 0.15) is 0 Å². The normalized spacial score (nSPS) is 9.43. The lowest BCUT2D eigenvalue weighted by atomic mass is 10.9. The number of hydrogen-bond donors (Lipinski definition) is 0. The fraction of sp³-hybridized carbons (Fsp3) is 0.200. The zero-order valence-corrected chi connectivity index (χ0v) is 4.20. The molecule has 0 saturated heterocycles. The predicted octanol–water partition coefficient (Wildman–Crippen LogP) is -0.171. The number of aryl methyl sites for hydroxylation is 1. The van der Waals surface area contributed by atoms with Crippen molar-refractivity contribution >= 4 is 0 Å². The lowest BCUT2D eigenvalue weighted by molar-refractivity contribution is -0.611.